The number of amides is 2. The average molecular weight is 323 g/mol. The molecule has 4 nitrogen and oxygen atoms in total. The molecule has 0 N–H and O–H groups in total. The summed E-state index contributed by atoms with van der Waals surface area (Å²) in [5.41, 5.74) is 0.956. The summed E-state index contributed by atoms with van der Waals surface area (Å²) in [6.07, 6.45) is 1.66. The Kier molecular flexibility index (Phi) is 2.76. The van der Waals surface area contributed by atoms with E-state index in [1.54, 1.807) is 30.5 Å². The minimum atomic E-state index is -0.236. The largest absolute Gasteiger partial charge is 0.269 e. The van der Waals surface area contributed by atoms with E-state index in [1.807, 2.05) is 0 Å². The van der Waals surface area contributed by atoms with Crippen LogP contribution < -0.4 is 0 Å². The standard InChI is InChI=1S/C12H7BrN2O2S/c13-12-14-5-7(18-12)6-15-10(16)8-3-1-2-4-9(8)11(15)17/h1-5H,6H2. The number of hydrogen-bond donors (Lipinski definition) is 0. The molecule has 2 heterocycles. The molecule has 1 aromatic carbocycles. The van der Waals surface area contributed by atoms with Crippen LogP contribution in [0.3, 0.4) is 0 Å². The first kappa shape index (κ1) is 11.6. The van der Waals surface area contributed by atoms with E-state index in [4.69, 9.17) is 0 Å². The molecule has 90 valence electrons. The van der Waals surface area contributed by atoms with Crippen molar-refractivity contribution < 1.29 is 9.59 Å². The lowest BCUT2D eigenvalue weighted by Gasteiger charge is -2.11. The Labute approximate surface area is 115 Å². The van der Waals surface area contributed by atoms with E-state index in [0.29, 0.717) is 11.1 Å². The van der Waals surface area contributed by atoms with Crippen molar-refractivity contribution in [3.05, 3.63) is 50.4 Å². The zero-order chi connectivity index (χ0) is 12.7. The van der Waals surface area contributed by atoms with E-state index in [0.717, 1.165) is 8.79 Å². The maximum Gasteiger partial charge on any atom is 0.261 e. The van der Waals surface area contributed by atoms with Gasteiger partial charge in [0.2, 0.25) is 0 Å². The number of imide groups is 1. The molecule has 1 aromatic heterocycles. The first-order valence-electron chi connectivity index (χ1n) is 5.22. The van der Waals surface area contributed by atoms with E-state index < -0.39 is 0 Å². The van der Waals surface area contributed by atoms with E-state index in [-0.39, 0.29) is 18.4 Å². The SMILES string of the molecule is O=C1c2ccccc2C(=O)N1Cc1cnc(Br)s1. The molecule has 2 aromatic rings. The molecule has 0 radical (unpaired) electrons. The highest BCUT2D eigenvalue weighted by Gasteiger charge is 2.35. The molecule has 0 spiro atoms. The average Bonchev–Trinajstić information content (AvgIpc) is 2.88. The van der Waals surface area contributed by atoms with Gasteiger partial charge in [0.1, 0.15) is 0 Å². The predicted octanol–water partition coefficient (Wildman–Crippen LogP) is 2.70. The molecule has 18 heavy (non-hydrogen) atoms. The summed E-state index contributed by atoms with van der Waals surface area (Å²) in [6.45, 7) is 0.273. The van der Waals surface area contributed by atoms with Crippen LogP contribution in [0.25, 0.3) is 0 Å². The number of aromatic nitrogens is 1. The van der Waals surface area contributed by atoms with Gasteiger partial charge in [0.25, 0.3) is 11.8 Å². The predicted molar refractivity (Wildman–Crippen MR) is 70.5 cm³/mol. The third-order valence-electron chi connectivity index (χ3n) is 2.72. The minimum Gasteiger partial charge on any atom is -0.269 e. The van der Waals surface area contributed by atoms with Gasteiger partial charge in [0.05, 0.1) is 17.7 Å². The molecule has 0 saturated carbocycles. The lowest BCUT2D eigenvalue weighted by atomic mass is 10.1. The first-order chi connectivity index (χ1) is 8.66. The molecule has 6 heteroatoms. The van der Waals surface area contributed by atoms with Crippen LogP contribution in [0.2, 0.25) is 0 Å². The lowest BCUT2D eigenvalue weighted by Crippen LogP contribution is -2.28. The van der Waals surface area contributed by atoms with E-state index >= 15 is 0 Å². The van der Waals surface area contributed by atoms with Crippen molar-refractivity contribution in [2.75, 3.05) is 0 Å². The zero-order valence-corrected chi connectivity index (χ0v) is 11.5. The second-order valence-electron chi connectivity index (χ2n) is 3.82. The van der Waals surface area contributed by atoms with Gasteiger partial charge in [-0.2, -0.15) is 0 Å². The summed E-state index contributed by atoms with van der Waals surface area (Å²) in [5, 5.41) is 0. The number of carbonyl (C=O) groups is 2. The molecule has 1 aliphatic heterocycles. The van der Waals surface area contributed by atoms with E-state index in [9.17, 15) is 9.59 Å². The fraction of sp³-hybridized carbons (Fsp3) is 0.0833. The van der Waals surface area contributed by atoms with E-state index in [2.05, 4.69) is 20.9 Å². The molecule has 0 fully saturated rings. The maximum absolute atomic E-state index is 12.1. The number of halogens is 1. The Bertz CT molecular complexity index is 618. The molecule has 0 aliphatic carbocycles. The number of thiazole rings is 1. The first-order valence-corrected chi connectivity index (χ1v) is 6.83. The molecule has 0 saturated heterocycles. The maximum atomic E-state index is 12.1. The van der Waals surface area contributed by atoms with Gasteiger partial charge >= 0.3 is 0 Å². The van der Waals surface area contributed by atoms with Crippen molar-refractivity contribution >= 4 is 39.1 Å². The van der Waals surface area contributed by atoms with Crippen LogP contribution in [-0.4, -0.2) is 21.7 Å². The number of rotatable bonds is 2. The molecule has 2 amide bonds. The highest BCUT2D eigenvalue weighted by atomic mass is 79.9. The topological polar surface area (TPSA) is 50.3 Å². The number of benzene rings is 1. The summed E-state index contributed by atoms with van der Waals surface area (Å²) in [7, 11) is 0. The second kappa shape index (κ2) is 4.29. The summed E-state index contributed by atoms with van der Waals surface area (Å²) >= 11 is 4.68. The van der Waals surface area contributed by atoms with E-state index in [1.165, 1.54) is 16.2 Å². The Morgan fingerprint density at radius 2 is 1.78 bits per heavy atom. The van der Waals surface area contributed by atoms with Crippen molar-refractivity contribution in [1.82, 2.24) is 9.88 Å². The number of hydrogen-bond acceptors (Lipinski definition) is 4. The fourth-order valence-electron chi connectivity index (χ4n) is 1.90. The Hall–Kier alpha value is -1.53. The molecule has 1 aliphatic rings. The lowest BCUT2D eigenvalue weighted by molar-refractivity contribution is 0.0644. The van der Waals surface area contributed by atoms with Crippen LogP contribution in [-0.2, 0) is 6.54 Å². The summed E-state index contributed by atoms with van der Waals surface area (Å²) in [5.74, 6) is -0.472. The number of carbonyl (C=O) groups excluding carboxylic acids is 2. The molecule has 3 rings (SSSR count). The quantitative estimate of drug-likeness (QED) is 0.799. The van der Waals surface area contributed by atoms with Gasteiger partial charge in [0.15, 0.2) is 3.92 Å². The van der Waals surface area contributed by atoms with Crippen molar-refractivity contribution in [2.45, 2.75) is 6.54 Å². The van der Waals surface area contributed by atoms with Crippen LogP contribution in [0.5, 0.6) is 0 Å². The Morgan fingerprint density at radius 1 is 1.17 bits per heavy atom. The fourth-order valence-corrected chi connectivity index (χ4v) is 3.24. The number of fused-ring (bicyclic) bond motifs is 1. The highest BCUT2D eigenvalue weighted by Crippen LogP contribution is 2.26. The molecule has 0 bridgehead atoms. The Morgan fingerprint density at radius 3 is 2.28 bits per heavy atom. The van der Waals surface area contributed by atoms with Crippen LogP contribution in [0.15, 0.2) is 34.4 Å². The zero-order valence-electron chi connectivity index (χ0n) is 9.09. The van der Waals surface area contributed by atoms with Crippen molar-refractivity contribution in [3.63, 3.8) is 0 Å². The van der Waals surface area contributed by atoms with Gasteiger partial charge in [-0.25, -0.2) is 4.98 Å². The third-order valence-corrected chi connectivity index (χ3v) is 4.18. The van der Waals surface area contributed by atoms with Gasteiger partial charge in [0, 0.05) is 11.1 Å². The summed E-state index contributed by atoms with van der Waals surface area (Å²) in [6, 6.07) is 6.88. The smallest absolute Gasteiger partial charge is 0.261 e. The molecular weight excluding hydrogens is 316 g/mol. The van der Waals surface area contributed by atoms with Gasteiger partial charge in [-0.05, 0) is 28.1 Å². The van der Waals surface area contributed by atoms with Crippen LogP contribution in [0, 0.1) is 0 Å². The Balaban J connectivity index is 1.92. The van der Waals surface area contributed by atoms with Crippen LogP contribution in [0.4, 0.5) is 0 Å². The van der Waals surface area contributed by atoms with Crippen LogP contribution >= 0.6 is 27.3 Å². The van der Waals surface area contributed by atoms with Crippen molar-refractivity contribution in [2.24, 2.45) is 0 Å². The molecule has 0 atom stereocenters. The highest BCUT2D eigenvalue weighted by molar-refractivity contribution is 9.11. The summed E-state index contributed by atoms with van der Waals surface area (Å²) in [4.78, 5) is 30.4. The molecule has 0 unspecified atom stereocenters. The summed E-state index contributed by atoms with van der Waals surface area (Å²) < 4.78 is 0.745. The normalized spacial score (nSPS) is 14.2. The van der Waals surface area contributed by atoms with Gasteiger partial charge in [-0.3, -0.25) is 14.5 Å². The second-order valence-corrected chi connectivity index (χ2v) is 6.21. The minimum absolute atomic E-state index is 0.236. The van der Waals surface area contributed by atoms with Gasteiger partial charge in [-0.1, -0.05) is 12.1 Å². The third kappa shape index (κ3) is 1.77. The van der Waals surface area contributed by atoms with Crippen molar-refractivity contribution in [1.29, 1.82) is 0 Å². The van der Waals surface area contributed by atoms with Crippen molar-refractivity contribution in [3.8, 4) is 0 Å². The number of nitrogens with zero attached hydrogens (tertiary/aromatic N) is 2. The van der Waals surface area contributed by atoms with Gasteiger partial charge < -0.3 is 0 Å². The van der Waals surface area contributed by atoms with Gasteiger partial charge in [-0.15, -0.1) is 11.3 Å². The monoisotopic (exact) mass is 322 g/mol. The van der Waals surface area contributed by atoms with Crippen LogP contribution in [0.1, 0.15) is 25.6 Å². The molecular formula is C12H7BrN2O2S.